The molecule has 0 spiro atoms. The van der Waals surface area contributed by atoms with Crippen molar-refractivity contribution in [3.63, 3.8) is 0 Å². The monoisotopic (exact) mass is 305 g/mol. The summed E-state index contributed by atoms with van der Waals surface area (Å²) in [4.78, 5) is 17.4. The van der Waals surface area contributed by atoms with Crippen molar-refractivity contribution in [1.82, 2.24) is 0 Å². The van der Waals surface area contributed by atoms with Gasteiger partial charge in [0, 0.05) is 5.54 Å². The highest BCUT2D eigenvalue weighted by Crippen LogP contribution is 2.37. The number of hydrogen-bond donors (Lipinski definition) is 3. The van der Waals surface area contributed by atoms with Crippen molar-refractivity contribution in [3.05, 3.63) is 23.3 Å². The Morgan fingerprint density at radius 2 is 2.00 bits per heavy atom. The fourth-order valence-corrected chi connectivity index (χ4v) is 2.11. The molecule has 0 aromatic carbocycles. The largest absolute Gasteiger partial charge is 0.469 e. The van der Waals surface area contributed by atoms with E-state index >= 15 is 0 Å². The van der Waals surface area contributed by atoms with Gasteiger partial charge in [-0.1, -0.05) is 37.1 Å². The molecule has 0 saturated carbocycles. The van der Waals surface area contributed by atoms with E-state index in [1.165, 1.54) is 11.1 Å². The smallest absolute Gasteiger partial charge is 0.323 e. The van der Waals surface area contributed by atoms with Crippen molar-refractivity contribution in [3.8, 4) is 0 Å². The molecule has 0 aliphatic carbocycles. The molecule has 118 valence electrons. The van der Waals surface area contributed by atoms with E-state index in [0.717, 1.165) is 19.3 Å². The van der Waals surface area contributed by atoms with E-state index in [4.69, 9.17) is 15.5 Å². The van der Waals surface area contributed by atoms with Gasteiger partial charge in [-0.25, -0.2) is 4.57 Å². The van der Waals surface area contributed by atoms with Crippen molar-refractivity contribution >= 4 is 7.82 Å². The second kappa shape index (κ2) is 8.75. The average molecular weight is 305 g/mol. The minimum absolute atomic E-state index is 0.160. The Labute approximate surface area is 122 Å². The third-order valence-electron chi connectivity index (χ3n) is 3.00. The Balaban J connectivity index is 4.54. The van der Waals surface area contributed by atoms with Gasteiger partial charge in [-0.05, 0) is 39.5 Å². The van der Waals surface area contributed by atoms with Crippen LogP contribution in [0.2, 0.25) is 0 Å². The second-order valence-electron chi connectivity index (χ2n) is 5.45. The van der Waals surface area contributed by atoms with Crippen molar-refractivity contribution in [2.45, 2.75) is 58.9 Å². The molecular formula is C14H28NO4P. The minimum Gasteiger partial charge on any atom is -0.323 e. The van der Waals surface area contributed by atoms with Crippen LogP contribution in [0.5, 0.6) is 0 Å². The molecule has 0 aliphatic heterocycles. The van der Waals surface area contributed by atoms with E-state index in [1.807, 2.05) is 0 Å². The van der Waals surface area contributed by atoms with Gasteiger partial charge in [-0.3, -0.25) is 4.52 Å². The van der Waals surface area contributed by atoms with Gasteiger partial charge >= 0.3 is 7.82 Å². The van der Waals surface area contributed by atoms with Gasteiger partial charge in [0.2, 0.25) is 0 Å². The highest BCUT2D eigenvalue weighted by molar-refractivity contribution is 7.46. The van der Waals surface area contributed by atoms with E-state index in [9.17, 15) is 4.57 Å². The topological polar surface area (TPSA) is 92.8 Å². The molecule has 1 unspecified atom stereocenters. The summed E-state index contributed by atoms with van der Waals surface area (Å²) in [6.45, 7) is 7.85. The molecule has 0 rings (SSSR count). The number of hydrogen-bond acceptors (Lipinski definition) is 3. The first-order valence-corrected chi connectivity index (χ1v) is 8.48. The highest BCUT2D eigenvalue weighted by Gasteiger charge is 2.24. The zero-order valence-corrected chi connectivity index (χ0v) is 13.8. The number of rotatable bonds is 9. The Hall–Kier alpha value is -0.450. The van der Waals surface area contributed by atoms with Crippen LogP contribution in [0.1, 0.15) is 53.4 Å². The molecule has 0 fully saturated rings. The van der Waals surface area contributed by atoms with Crippen molar-refractivity contribution in [2.75, 3.05) is 6.61 Å². The predicted molar refractivity (Wildman–Crippen MR) is 82.2 cm³/mol. The molecule has 4 N–H and O–H groups in total. The quantitative estimate of drug-likeness (QED) is 0.449. The first-order chi connectivity index (χ1) is 9.09. The van der Waals surface area contributed by atoms with Gasteiger partial charge in [-0.2, -0.15) is 0 Å². The zero-order chi connectivity index (χ0) is 15.8. The SMILES string of the molecule is CCC=C(C=C(C)CC)CCC(C)(N)COP(=O)(O)O. The van der Waals surface area contributed by atoms with Crippen LogP contribution in [0.3, 0.4) is 0 Å². The maximum Gasteiger partial charge on any atom is 0.469 e. The van der Waals surface area contributed by atoms with Gasteiger partial charge < -0.3 is 15.5 Å². The zero-order valence-electron chi connectivity index (χ0n) is 12.9. The van der Waals surface area contributed by atoms with Crippen LogP contribution in [0.15, 0.2) is 23.3 Å². The molecule has 1 atom stereocenters. The molecule has 0 saturated heterocycles. The number of nitrogens with two attached hydrogens (primary N) is 1. The van der Waals surface area contributed by atoms with Crippen LogP contribution in [0.25, 0.3) is 0 Å². The standard InChI is InChI=1S/C14H28NO4P/c1-5-7-13(10-12(3)6-2)8-9-14(4,15)11-19-20(16,17)18/h7,10H,5-6,8-9,11,15H2,1-4H3,(H2,16,17,18). The third kappa shape index (κ3) is 10.4. The fourth-order valence-electron chi connectivity index (χ4n) is 1.65. The first kappa shape index (κ1) is 19.6. The lowest BCUT2D eigenvalue weighted by molar-refractivity contribution is 0.154. The highest BCUT2D eigenvalue weighted by atomic mass is 31.2. The Morgan fingerprint density at radius 3 is 2.45 bits per heavy atom. The van der Waals surface area contributed by atoms with Gasteiger partial charge in [-0.15, -0.1) is 0 Å². The fraction of sp³-hybridized carbons (Fsp3) is 0.714. The maximum absolute atomic E-state index is 10.7. The van der Waals surface area contributed by atoms with Crippen LogP contribution in [-0.4, -0.2) is 21.9 Å². The van der Waals surface area contributed by atoms with Crippen molar-refractivity contribution in [1.29, 1.82) is 0 Å². The maximum atomic E-state index is 10.7. The predicted octanol–water partition coefficient (Wildman–Crippen LogP) is 3.29. The lowest BCUT2D eigenvalue weighted by Gasteiger charge is -2.24. The molecule has 0 heterocycles. The average Bonchev–Trinajstić information content (AvgIpc) is 2.33. The van der Waals surface area contributed by atoms with Gasteiger partial charge in [0.05, 0.1) is 6.61 Å². The summed E-state index contributed by atoms with van der Waals surface area (Å²) in [5.41, 5.74) is 7.76. The van der Waals surface area contributed by atoms with Crippen LogP contribution in [0, 0.1) is 0 Å². The molecule has 6 heteroatoms. The molecule has 0 bridgehead atoms. The van der Waals surface area contributed by atoms with E-state index in [0.29, 0.717) is 6.42 Å². The Kier molecular flexibility index (Phi) is 8.56. The summed E-state index contributed by atoms with van der Waals surface area (Å²) >= 11 is 0. The van der Waals surface area contributed by atoms with E-state index < -0.39 is 13.4 Å². The summed E-state index contributed by atoms with van der Waals surface area (Å²) in [5, 5.41) is 0. The molecular weight excluding hydrogens is 277 g/mol. The normalized spacial score (nSPS) is 17.1. The Bertz CT molecular complexity index is 396. The minimum atomic E-state index is -4.46. The third-order valence-corrected chi connectivity index (χ3v) is 3.47. The lowest BCUT2D eigenvalue weighted by Crippen LogP contribution is -2.40. The lowest BCUT2D eigenvalue weighted by atomic mass is 9.94. The first-order valence-electron chi connectivity index (χ1n) is 6.95. The summed E-state index contributed by atoms with van der Waals surface area (Å²) in [6, 6.07) is 0. The number of allylic oxidation sites excluding steroid dienone is 4. The van der Waals surface area contributed by atoms with Crippen LogP contribution in [0.4, 0.5) is 0 Å². The molecule has 20 heavy (non-hydrogen) atoms. The number of phosphoric ester groups is 1. The van der Waals surface area contributed by atoms with Gasteiger partial charge in [0.25, 0.3) is 0 Å². The molecule has 0 aliphatic rings. The van der Waals surface area contributed by atoms with E-state index in [1.54, 1.807) is 6.92 Å². The molecule has 0 amide bonds. The Morgan fingerprint density at radius 1 is 1.40 bits per heavy atom. The van der Waals surface area contributed by atoms with Crippen LogP contribution in [-0.2, 0) is 9.09 Å². The summed E-state index contributed by atoms with van der Waals surface area (Å²) in [6.07, 6.45) is 7.63. The van der Waals surface area contributed by atoms with Gasteiger partial charge in [0.15, 0.2) is 0 Å². The molecule has 0 radical (unpaired) electrons. The summed E-state index contributed by atoms with van der Waals surface area (Å²) in [7, 11) is -4.46. The molecule has 0 aromatic rings. The van der Waals surface area contributed by atoms with E-state index in [2.05, 4.69) is 37.4 Å². The van der Waals surface area contributed by atoms with Gasteiger partial charge in [0.1, 0.15) is 0 Å². The number of phosphoric acid groups is 1. The van der Waals surface area contributed by atoms with Crippen molar-refractivity contribution < 1.29 is 18.9 Å². The second-order valence-corrected chi connectivity index (χ2v) is 6.69. The summed E-state index contributed by atoms with van der Waals surface area (Å²) < 4.78 is 15.2. The summed E-state index contributed by atoms with van der Waals surface area (Å²) in [5.74, 6) is 0. The van der Waals surface area contributed by atoms with Crippen molar-refractivity contribution in [2.24, 2.45) is 5.73 Å². The molecule has 5 nitrogen and oxygen atoms in total. The molecule has 0 aromatic heterocycles. The van der Waals surface area contributed by atoms with E-state index in [-0.39, 0.29) is 6.61 Å². The van der Waals surface area contributed by atoms with Crippen LogP contribution < -0.4 is 5.73 Å². The van der Waals surface area contributed by atoms with Crippen LogP contribution >= 0.6 is 7.82 Å².